The van der Waals surface area contributed by atoms with Crippen LogP contribution in [0.25, 0.3) is 0 Å². The highest BCUT2D eigenvalue weighted by molar-refractivity contribution is 9.10. The summed E-state index contributed by atoms with van der Waals surface area (Å²) >= 11 is 3.35. The summed E-state index contributed by atoms with van der Waals surface area (Å²) in [4.78, 5) is 16.0. The maximum absolute atomic E-state index is 11.9. The highest BCUT2D eigenvalue weighted by Crippen LogP contribution is 2.14. The van der Waals surface area contributed by atoms with Crippen molar-refractivity contribution in [3.8, 4) is 0 Å². The number of benzene rings is 1. The molecule has 5 heteroatoms. The monoisotopic (exact) mass is 307 g/mol. The molecular formula is C13H14BrN3O. The Balaban J connectivity index is 1.99. The van der Waals surface area contributed by atoms with Gasteiger partial charge in [-0.3, -0.25) is 4.79 Å². The minimum absolute atomic E-state index is 0.0509. The fraction of sp³-hybridized carbons (Fsp3) is 0.231. The van der Waals surface area contributed by atoms with Gasteiger partial charge >= 0.3 is 0 Å². The molecule has 0 spiro atoms. The lowest BCUT2D eigenvalue weighted by atomic mass is 10.3. The molecule has 1 amide bonds. The molecule has 0 aliphatic rings. The summed E-state index contributed by atoms with van der Waals surface area (Å²) in [6.45, 7) is 2.31. The van der Waals surface area contributed by atoms with Gasteiger partial charge in [-0.05, 0) is 24.3 Å². The number of carbonyl (C=O) groups is 1. The lowest BCUT2D eigenvalue weighted by molar-refractivity contribution is -0.116. The summed E-state index contributed by atoms with van der Waals surface area (Å²) in [6, 6.07) is 7.50. The molecule has 0 saturated carbocycles. The second-order valence-corrected chi connectivity index (χ2v) is 4.80. The van der Waals surface area contributed by atoms with E-state index in [1.165, 1.54) is 0 Å². The summed E-state index contributed by atoms with van der Waals surface area (Å²) in [5.41, 5.74) is 0.793. The number of aryl methyl sites for hydroxylation is 1. The zero-order chi connectivity index (χ0) is 13.0. The Morgan fingerprint density at radius 2 is 2.11 bits per heavy atom. The van der Waals surface area contributed by atoms with Crippen LogP contribution in [0.15, 0.2) is 41.1 Å². The van der Waals surface area contributed by atoms with Gasteiger partial charge in [0, 0.05) is 29.0 Å². The smallest absolute Gasteiger partial charge is 0.244 e. The molecule has 0 unspecified atom stereocenters. The van der Waals surface area contributed by atoms with Crippen molar-refractivity contribution in [2.75, 3.05) is 5.32 Å². The summed E-state index contributed by atoms with van der Waals surface area (Å²) in [7, 11) is 0. The third-order valence-corrected chi connectivity index (χ3v) is 3.09. The molecule has 0 saturated heterocycles. The van der Waals surface area contributed by atoms with E-state index in [4.69, 9.17) is 0 Å². The van der Waals surface area contributed by atoms with Gasteiger partial charge in [-0.1, -0.05) is 22.9 Å². The molecule has 1 heterocycles. The maximum atomic E-state index is 11.9. The van der Waals surface area contributed by atoms with Crippen molar-refractivity contribution in [1.29, 1.82) is 0 Å². The zero-order valence-electron chi connectivity index (χ0n) is 10.1. The molecule has 0 radical (unpaired) electrons. The summed E-state index contributed by atoms with van der Waals surface area (Å²) < 4.78 is 2.84. The number of carbonyl (C=O) groups excluding carboxylic acids is 1. The van der Waals surface area contributed by atoms with Crippen molar-refractivity contribution >= 4 is 27.5 Å². The Labute approximate surface area is 114 Å². The highest BCUT2D eigenvalue weighted by Gasteiger charge is 2.06. The van der Waals surface area contributed by atoms with Gasteiger partial charge in [0.2, 0.25) is 5.91 Å². The number of anilines is 1. The predicted molar refractivity (Wildman–Crippen MR) is 74.4 cm³/mol. The van der Waals surface area contributed by atoms with E-state index >= 15 is 0 Å². The first kappa shape index (κ1) is 12.8. The molecule has 18 heavy (non-hydrogen) atoms. The number of hydrogen-bond acceptors (Lipinski definition) is 2. The average molecular weight is 308 g/mol. The van der Waals surface area contributed by atoms with Gasteiger partial charge in [0.1, 0.15) is 12.4 Å². The van der Waals surface area contributed by atoms with Crippen LogP contribution < -0.4 is 5.32 Å². The number of aromatic nitrogens is 2. The van der Waals surface area contributed by atoms with Crippen molar-refractivity contribution in [3.63, 3.8) is 0 Å². The zero-order valence-corrected chi connectivity index (χ0v) is 11.6. The van der Waals surface area contributed by atoms with E-state index in [1.807, 2.05) is 42.0 Å². The van der Waals surface area contributed by atoms with E-state index in [1.54, 1.807) is 6.20 Å². The van der Waals surface area contributed by atoms with E-state index in [0.717, 1.165) is 22.4 Å². The number of hydrogen-bond donors (Lipinski definition) is 1. The Morgan fingerprint density at radius 3 is 2.78 bits per heavy atom. The van der Waals surface area contributed by atoms with Crippen molar-refractivity contribution in [3.05, 3.63) is 47.0 Å². The first-order valence-electron chi connectivity index (χ1n) is 5.74. The van der Waals surface area contributed by atoms with Gasteiger partial charge in [0.25, 0.3) is 0 Å². The summed E-state index contributed by atoms with van der Waals surface area (Å²) in [5.74, 6) is 0.867. The number of amides is 1. The average Bonchev–Trinajstić information content (AvgIpc) is 2.79. The van der Waals surface area contributed by atoms with Crippen LogP contribution in [0.1, 0.15) is 12.7 Å². The highest BCUT2D eigenvalue weighted by atomic mass is 79.9. The second kappa shape index (κ2) is 5.82. The molecule has 2 aromatic rings. The molecule has 0 atom stereocenters. The Morgan fingerprint density at radius 1 is 1.39 bits per heavy atom. The predicted octanol–water partition coefficient (Wildman–Crippen LogP) is 2.85. The first-order chi connectivity index (χ1) is 8.69. The molecule has 0 aliphatic heterocycles. The van der Waals surface area contributed by atoms with Crippen LogP contribution >= 0.6 is 15.9 Å². The lowest BCUT2D eigenvalue weighted by Gasteiger charge is -2.08. The molecule has 1 aromatic heterocycles. The van der Waals surface area contributed by atoms with Crippen LogP contribution in [0.2, 0.25) is 0 Å². The molecule has 4 nitrogen and oxygen atoms in total. The van der Waals surface area contributed by atoms with Crippen LogP contribution in [0.4, 0.5) is 5.69 Å². The van der Waals surface area contributed by atoms with Crippen molar-refractivity contribution in [1.82, 2.24) is 9.55 Å². The molecule has 1 aromatic carbocycles. The van der Waals surface area contributed by atoms with Crippen molar-refractivity contribution in [2.45, 2.75) is 19.9 Å². The Bertz CT molecular complexity index is 533. The molecule has 0 bridgehead atoms. The molecule has 2 rings (SSSR count). The fourth-order valence-electron chi connectivity index (χ4n) is 1.69. The fourth-order valence-corrected chi connectivity index (χ4v) is 1.95. The standard InChI is InChI=1S/C13H14BrN3O/c1-2-12-15-7-8-17(12)9-13(18)16-11-5-3-10(14)4-6-11/h3-8H,2,9H2,1H3,(H,16,18). The summed E-state index contributed by atoms with van der Waals surface area (Å²) in [6.07, 6.45) is 4.35. The molecule has 1 N–H and O–H groups in total. The van der Waals surface area contributed by atoms with Crippen LogP contribution in [0.5, 0.6) is 0 Å². The Kier molecular flexibility index (Phi) is 4.15. The SMILES string of the molecule is CCc1nccn1CC(=O)Nc1ccc(Br)cc1. The number of halogens is 1. The van der Waals surface area contributed by atoms with Gasteiger partial charge in [0.15, 0.2) is 0 Å². The van der Waals surface area contributed by atoms with Crippen LogP contribution in [-0.2, 0) is 17.8 Å². The molecule has 0 fully saturated rings. The number of nitrogens with one attached hydrogen (secondary N) is 1. The van der Waals surface area contributed by atoms with Crippen LogP contribution in [0, 0.1) is 0 Å². The van der Waals surface area contributed by atoms with Gasteiger partial charge < -0.3 is 9.88 Å². The van der Waals surface area contributed by atoms with Gasteiger partial charge in [-0.2, -0.15) is 0 Å². The number of imidazole rings is 1. The second-order valence-electron chi connectivity index (χ2n) is 3.88. The van der Waals surface area contributed by atoms with E-state index in [2.05, 4.69) is 26.2 Å². The van der Waals surface area contributed by atoms with E-state index < -0.39 is 0 Å². The van der Waals surface area contributed by atoms with E-state index in [9.17, 15) is 4.79 Å². The lowest BCUT2D eigenvalue weighted by Crippen LogP contribution is -2.19. The third-order valence-electron chi connectivity index (χ3n) is 2.56. The number of rotatable bonds is 4. The Hall–Kier alpha value is -1.62. The first-order valence-corrected chi connectivity index (χ1v) is 6.53. The van der Waals surface area contributed by atoms with Crippen molar-refractivity contribution in [2.24, 2.45) is 0 Å². The number of nitrogens with zero attached hydrogens (tertiary/aromatic N) is 2. The van der Waals surface area contributed by atoms with E-state index in [0.29, 0.717) is 6.54 Å². The van der Waals surface area contributed by atoms with Crippen LogP contribution in [-0.4, -0.2) is 15.5 Å². The summed E-state index contributed by atoms with van der Waals surface area (Å²) in [5, 5.41) is 2.85. The van der Waals surface area contributed by atoms with Gasteiger partial charge in [-0.15, -0.1) is 0 Å². The minimum atomic E-state index is -0.0509. The molecular weight excluding hydrogens is 294 g/mol. The van der Waals surface area contributed by atoms with Crippen LogP contribution in [0.3, 0.4) is 0 Å². The normalized spacial score (nSPS) is 10.3. The maximum Gasteiger partial charge on any atom is 0.244 e. The molecule has 0 aliphatic carbocycles. The van der Waals surface area contributed by atoms with Gasteiger partial charge in [0.05, 0.1) is 0 Å². The van der Waals surface area contributed by atoms with E-state index in [-0.39, 0.29) is 5.91 Å². The third kappa shape index (κ3) is 3.20. The quantitative estimate of drug-likeness (QED) is 0.944. The largest absolute Gasteiger partial charge is 0.326 e. The topological polar surface area (TPSA) is 46.9 Å². The molecule has 94 valence electrons. The van der Waals surface area contributed by atoms with Crippen molar-refractivity contribution < 1.29 is 4.79 Å². The minimum Gasteiger partial charge on any atom is -0.326 e. The van der Waals surface area contributed by atoms with Gasteiger partial charge in [-0.25, -0.2) is 4.98 Å².